The summed E-state index contributed by atoms with van der Waals surface area (Å²) in [5, 5.41) is 8.26. The number of nitrogens with zero attached hydrogens (tertiary/aromatic N) is 5. The van der Waals surface area contributed by atoms with Crippen LogP contribution in [0, 0.1) is 0 Å². The van der Waals surface area contributed by atoms with Crippen molar-refractivity contribution in [1.29, 1.82) is 0 Å². The second-order valence-electron chi connectivity index (χ2n) is 5.11. The quantitative estimate of drug-likeness (QED) is 0.761. The van der Waals surface area contributed by atoms with Crippen LogP contribution in [0.4, 0.5) is 5.82 Å². The molecule has 0 spiro atoms. The molecule has 0 aliphatic rings. The van der Waals surface area contributed by atoms with E-state index in [4.69, 9.17) is 5.73 Å². The number of hydrogen-bond acceptors (Lipinski definition) is 5. The summed E-state index contributed by atoms with van der Waals surface area (Å²) in [7, 11) is 1.64. The number of aromatic nitrogens is 5. The highest BCUT2D eigenvalue weighted by atomic mass is 16.1. The van der Waals surface area contributed by atoms with Crippen LogP contribution >= 0.6 is 0 Å². The Balaban J connectivity index is 1.77. The summed E-state index contributed by atoms with van der Waals surface area (Å²) < 4.78 is 3.09. The van der Waals surface area contributed by atoms with Gasteiger partial charge in [0.1, 0.15) is 5.82 Å². The zero-order valence-corrected chi connectivity index (χ0v) is 12.2. The smallest absolute Gasteiger partial charge is 0.349 e. The van der Waals surface area contributed by atoms with Gasteiger partial charge in [0.25, 0.3) is 0 Å². The van der Waals surface area contributed by atoms with Gasteiger partial charge in [0.2, 0.25) is 0 Å². The van der Waals surface area contributed by atoms with Gasteiger partial charge in [0, 0.05) is 31.4 Å². The largest absolute Gasteiger partial charge is 0.383 e. The number of benzene rings is 1. The van der Waals surface area contributed by atoms with E-state index < -0.39 is 0 Å². The highest BCUT2D eigenvalue weighted by Gasteiger charge is 2.07. The number of hydrogen-bond donors (Lipinski definition) is 1. The maximum atomic E-state index is 11.4. The topological polar surface area (TPSA) is 91.6 Å². The van der Waals surface area contributed by atoms with Crippen molar-refractivity contribution in [2.45, 2.75) is 13.0 Å². The lowest BCUT2D eigenvalue weighted by Crippen LogP contribution is -2.23. The molecule has 22 heavy (non-hydrogen) atoms. The van der Waals surface area contributed by atoms with E-state index in [1.807, 2.05) is 36.5 Å². The van der Waals surface area contributed by atoms with Gasteiger partial charge < -0.3 is 10.3 Å². The molecule has 0 saturated heterocycles. The van der Waals surface area contributed by atoms with E-state index in [9.17, 15) is 4.79 Å². The first-order valence-corrected chi connectivity index (χ1v) is 6.87. The Labute approximate surface area is 127 Å². The molecular formula is C15H16N6O. The van der Waals surface area contributed by atoms with Crippen LogP contribution < -0.4 is 11.4 Å². The van der Waals surface area contributed by atoms with E-state index in [-0.39, 0.29) is 11.5 Å². The third-order valence-corrected chi connectivity index (χ3v) is 3.34. The fourth-order valence-corrected chi connectivity index (χ4v) is 2.21. The summed E-state index contributed by atoms with van der Waals surface area (Å²) in [6, 6.07) is 10.1. The molecule has 2 aromatic heterocycles. The van der Waals surface area contributed by atoms with E-state index in [2.05, 4.69) is 15.3 Å². The second-order valence-corrected chi connectivity index (χ2v) is 5.11. The lowest BCUT2D eigenvalue weighted by Gasteiger charge is -2.05. The Morgan fingerprint density at radius 1 is 1.18 bits per heavy atom. The van der Waals surface area contributed by atoms with Crippen LogP contribution in [-0.2, 0) is 20.0 Å². The second kappa shape index (κ2) is 5.80. The fourth-order valence-electron chi connectivity index (χ4n) is 2.21. The number of nitrogen functional groups attached to an aromatic ring is 1. The number of anilines is 1. The predicted molar refractivity (Wildman–Crippen MR) is 82.3 cm³/mol. The van der Waals surface area contributed by atoms with Crippen LogP contribution in [0.3, 0.4) is 0 Å². The van der Waals surface area contributed by atoms with Gasteiger partial charge in [-0.2, -0.15) is 4.98 Å². The van der Waals surface area contributed by atoms with Gasteiger partial charge in [-0.1, -0.05) is 35.5 Å². The molecule has 0 unspecified atom stereocenters. The first-order chi connectivity index (χ1) is 10.6. The fraction of sp³-hybridized carbons (Fsp3) is 0.200. The molecule has 1 aromatic carbocycles. The van der Waals surface area contributed by atoms with E-state index in [1.54, 1.807) is 17.9 Å². The van der Waals surface area contributed by atoms with Gasteiger partial charge in [0.15, 0.2) is 0 Å². The Morgan fingerprint density at radius 2 is 1.95 bits per heavy atom. The lowest BCUT2D eigenvalue weighted by molar-refractivity contribution is 0.640. The lowest BCUT2D eigenvalue weighted by atomic mass is 10.1. The Bertz CT molecular complexity index is 837. The van der Waals surface area contributed by atoms with Gasteiger partial charge in [-0.15, -0.1) is 5.10 Å². The van der Waals surface area contributed by atoms with Gasteiger partial charge in [0.05, 0.1) is 12.2 Å². The van der Waals surface area contributed by atoms with Crippen molar-refractivity contribution in [2.75, 3.05) is 5.73 Å². The average Bonchev–Trinajstić information content (AvgIpc) is 2.93. The molecule has 0 amide bonds. The van der Waals surface area contributed by atoms with E-state index in [1.165, 1.54) is 10.1 Å². The van der Waals surface area contributed by atoms with Crippen LogP contribution in [0.15, 0.2) is 47.5 Å². The van der Waals surface area contributed by atoms with Crippen molar-refractivity contribution in [3.05, 3.63) is 70.0 Å². The van der Waals surface area contributed by atoms with Crippen molar-refractivity contribution >= 4 is 5.82 Å². The Kier molecular flexibility index (Phi) is 3.69. The summed E-state index contributed by atoms with van der Waals surface area (Å²) in [5.74, 6) is 0.225. The highest BCUT2D eigenvalue weighted by molar-refractivity contribution is 5.36. The molecular weight excluding hydrogens is 280 g/mol. The van der Waals surface area contributed by atoms with Crippen LogP contribution in [0.1, 0.15) is 16.8 Å². The molecule has 0 atom stereocenters. The molecule has 112 valence electrons. The van der Waals surface area contributed by atoms with Crippen molar-refractivity contribution in [3.63, 3.8) is 0 Å². The van der Waals surface area contributed by atoms with Crippen molar-refractivity contribution in [1.82, 2.24) is 24.5 Å². The number of rotatable bonds is 4. The monoisotopic (exact) mass is 296 g/mol. The van der Waals surface area contributed by atoms with Crippen LogP contribution in [0.25, 0.3) is 0 Å². The molecule has 0 aliphatic carbocycles. The molecule has 0 bridgehead atoms. The molecule has 2 heterocycles. The van der Waals surface area contributed by atoms with Gasteiger partial charge in [-0.05, 0) is 5.56 Å². The summed E-state index contributed by atoms with van der Waals surface area (Å²) in [4.78, 5) is 15.2. The zero-order chi connectivity index (χ0) is 15.5. The van der Waals surface area contributed by atoms with Crippen molar-refractivity contribution in [3.8, 4) is 0 Å². The normalized spacial score (nSPS) is 10.8. The van der Waals surface area contributed by atoms with E-state index in [0.717, 1.165) is 17.7 Å². The molecule has 0 fully saturated rings. The minimum Gasteiger partial charge on any atom is -0.383 e. The average molecular weight is 296 g/mol. The van der Waals surface area contributed by atoms with Gasteiger partial charge in [-0.25, -0.2) is 9.48 Å². The molecule has 0 saturated carbocycles. The maximum absolute atomic E-state index is 11.4. The van der Waals surface area contributed by atoms with E-state index >= 15 is 0 Å². The highest BCUT2D eigenvalue weighted by Crippen LogP contribution is 2.09. The maximum Gasteiger partial charge on any atom is 0.349 e. The Hall–Kier alpha value is -2.96. The summed E-state index contributed by atoms with van der Waals surface area (Å²) in [6.45, 7) is 0.425. The van der Waals surface area contributed by atoms with Gasteiger partial charge in [-0.3, -0.25) is 0 Å². The molecule has 7 nitrogen and oxygen atoms in total. The van der Waals surface area contributed by atoms with Crippen molar-refractivity contribution in [2.24, 2.45) is 7.05 Å². The van der Waals surface area contributed by atoms with Crippen LogP contribution in [-0.4, -0.2) is 24.5 Å². The molecule has 2 N–H and O–H groups in total. The van der Waals surface area contributed by atoms with E-state index in [0.29, 0.717) is 6.54 Å². The molecule has 3 rings (SSSR count). The zero-order valence-electron chi connectivity index (χ0n) is 12.2. The Morgan fingerprint density at radius 3 is 2.73 bits per heavy atom. The van der Waals surface area contributed by atoms with Gasteiger partial charge >= 0.3 is 5.69 Å². The summed E-state index contributed by atoms with van der Waals surface area (Å²) >= 11 is 0. The van der Waals surface area contributed by atoms with Crippen LogP contribution in [0.2, 0.25) is 0 Å². The minimum absolute atomic E-state index is 0.225. The molecule has 7 heteroatoms. The first kappa shape index (κ1) is 14.0. The van der Waals surface area contributed by atoms with Crippen LogP contribution in [0.5, 0.6) is 0 Å². The summed E-state index contributed by atoms with van der Waals surface area (Å²) in [5.41, 5.74) is 8.20. The third-order valence-electron chi connectivity index (χ3n) is 3.34. The molecule has 0 radical (unpaired) electrons. The SMILES string of the molecule is Cn1cc(Cn2cc(Cc3ccccc3)nn2)c(N)nc1=O. The predicted octanol–water partition coefficient (Wildman–Crippen LogP) is 0.593. The minimum atomic E-state index is -0.371. The first-order valence-electron chi connectivity index (χ1n) is 6.87. The van der Waals surface area contributed by atoms with Crippen molar-refractivity contribution < 1.29 is 0 Å². The third kappa shape index (κ3) is 3.03. The molecule has 3 aromatic rings. The number of aryl methyl sites for hydroxylation is 1. The number of nitrogens with two attached hydrogens (primary N) is 1. The summed E-state index contributed by atoms with van der Waals surface area (Å²) in [6.07, 6.45) is 4.27. The molecule has 0 aliphatic heterocycles. The standard InChI is InChI=1S/C15H16N6O/c1-20-8-12(14(16)17-15(20)22)9-21-10-13(18-19-21)7-11-5-3-2-4-6-11/h2-6,8,10H,7,9H2,1H3,(H2,16,17,22).